The number of nitrogens with one attached hydrogen (secondary N) is 3. The molecule has 2 aromatic carbocycles. The van der Waals surface area contributed by atoms with Crippen LogP contribution in [0.2, 0.25) is 5.02 Å². The highest BCUT2D eigenvalue weighted by Crippen LogP contribution is 2.29. The van der Waals surface area contributed by atoms with E-state index in [1.807, 2.05) is 50.2 Å². The number of H-pyrrole nitrogens is 2. The van der Waals surface area contributed by atoms with Crippen molar-refractivity contribution in [3.63, 3.8) is 0 Å². The number of aliphatic carboxylic acids is 1. The summed E-state index contributed by atoms with van der Waals surface area (Å²) in [5, 5.41) is 18.9. The molecule has 7 nitrogen and oxygen atoms in total. The molecule has 4 N–H and O–H groups in total. The molecule has 1 heterocycles. The molecule has 0 spiro atoms. The second kappa shape index (κ2) is 11.5. The molecule has 10 heteroatoms. The Morgan fingerprint density at radius 3 is 2.36 bits per heavy atom. The number of anilines is 2. The average molecular weight is 506 g/mol. The van der Waals surface area contributed by atoms with Gasteiger partial charge in [-0.15, -0.1) is 0 Å². The van der Waals surface area contributed by atoms with Crippen LogP contribution in [0.25, 0.3) is 5.69 Å². The van der Waals surface area contributed by atoms with E-state index in [2.05, 4.69) is 20.4 Å². The molecule has 0 fully saturated rings. The number of carboxylic acid groups (broad SMARTS) is 1. The number of hydrogen-bond donors (Lipinski definition) is 4. The lowest BCUT2D eigenvalue weighted by atomic mass is 10.1. The minimum Gasteiger partial charge on any atom is -0.481 e. The number of carboxylic acids is 1. The van der Waals surface area contributed by atoms with E-state index in [0.717, 1.165) is 47.7 Å². The van der Waals surface area contributed by atoms with Gasteiger partial charge < -0.3 is 15.3 Å². The normalized spacial score (nSPS) is 10.9. The third-order valence-electron chi connectivity index (χ3n) is 5.31. The lowest BCUT2D eigenvalue weighted by Gasteiger charge is -2.28. The highest BCUT2D eigenvalue weighted by atomic mass is 35.5. The summed E-state index contributed by atoms with van der Waals surface area (Å²) in [6.45, 7) is 6.31. The molecule has 1 aromatic heterocycles. The number of aromatic nitrogens is 3. The van der Waals surface area contributed by atoms with Gasteiger partial charge in [0.15, 0.2) is 9.54 Å². The van der Waals surface area contributed by atoms with Gasteiger partial charge in [-0.3, -0.25) is 19.6 Å². The number of carbonyl (C=O) groups is 1. The Hall–Kier alpha value is -2.62. The molecule has 0 saturated heterocycles. The number of rotatable bonds is 11. The van der Waals surface area contributed by atoms with Crippen molar-refractivity contribution < 1.29 is 9.90 Å². The fourth-order valence-corrected chi connectivity index (χ4v) is 4.84. The van der Waals surface area contributed by atoms with Gasteiger partial charge >= 0.3 is 5.97 Å². The van der Waals surface area contributed by atoms with Gasteiger partial charge in [0.1, 0.15) is 0 Å². The second-order valence-corrected chi connectivity index (χ2v) is 9.11. The van der Waals surface area contributed by atoms with Crippen molar-refractivity contribution >= 4 is 53.4 Å². The predicted molar refractivity (Wildman–Crippen MR) is 139 cm³/mol. The van der Waals surface area contributed by atoms with Gasteiger partial charge in [-0.25, -0.2) is 0 Å². The van der Waals surface area contributed by atoms with E-state index in [0.29, 0.717) is 27.5 Å². The highest BCUT2D eigenvalue weighted by Gasteiger charge is 2.14. The maximum atomic E-state index is 11.0. The van der Waals surface area contributed by atoms with Crippen LogP contribution in [0, 0.1) is 23.4 Å². The molecule has 0 bridgehead atoms. The first kappa shape index (κ1) is 25.0. The number of benzene rings is 2. The molecule has 3 rings (SSSR count). The summed E-state index contributed by atoms with van der Waals surface area (Å²) in [6.07, 6.45) is 1.61. The first-order chi connectivity index (χ1) is 15.8. The monoisotopic (exact) mass is 505 g/mol. The lowest BCUT2D eigenvalue weighted by molar-refractivity contribution is -0.137. The Kier molecular flexibility index (Phi) is 8.71. The molecular formula is C23H28ClN5O2S2. The van der Waals surface area contributed by atoms with Crippen molar-refractivity contribution in [3.8, 4) is 5.69 Å². The standard InChI is InChI=1S/C23H28ClN5O2S2/c1-15-12-17(24)13-16(2)21(15)28(10-4-8-20(30)31)11-5-9-25-18-6-3-7-19(14-18)29-22(32)26-27-23(29)33/h3,6-7,12-14,25H,4-5,8-11H2,1-2H3,(H,26,32)(H,27,33)(H,30,31). The number of nitrogens with zero attached hydrogens (tertiary/aromatic N) is 2. The predicted octanol–water partition coefficient (Wildman–Crippen LogP) is 6.04. The van der Waals surface area contributed by atoms with Gasteiger partial charge in [-0.05, 0) is 92.6 Å². The molecule has 33 heavy (non-hydrogen) atoms. The van der Waals surface area contributed by atoms with E-state index in [1.54, 1.807) is 4.57 Å². The van der Waals surface area contributed by atoms with Crippen molar-refractivity contribution in [3.05, 3.63) is 62.1 Å². The van der Waals surface area contributed by atoms with Gasteiger partial charge in [0.05, 0.1) is 5.69 Å². The SMILES string of the molecule is Cc1cc(Cl)cc(C)c1N(CCCNc1cccc(-n2c(=S)[nH][nH]c2=S)c1)CCCC(=O)O. The van der Waals surface area contributed by atoms with Crippen LogP contribution in [0.15, 0.2) is 36.4 Å². The Balaban J connectivity index is 1.66. The number of aryl methyl sites for hydroxylation is 2. The summed E-state index contributed by atoms with van der Waals surface area (Å²) in [5.74, 6) is -0.775. The Bertz CT molecular complexity index is 1180. The molecule has 0 aliphatic heterocycles. The molecule has 0 aliphatic rings. The van der Waals surface area contributed by atoms with Crippen molar-refractivity contribution in [1.82, 2.24) is 14.8 Å². The molecule has 0 unspecified atom stereocenters. The lowest BCUT2D eigenvalue weighted by Crippen LogP contribution is -2.29. The summed E-state index contributed by atoms with van der Waals surface area (Å²) in [7, 11) is 0. The van der Waals surface area contributed by atoms with E-state index in [-0.39, 0.29) is 6.42 Å². The smallest absolute Gasteiger partial charge is 0.303 e. The van der Waals surface area contributed by atoms with E-state index >= 15 is 0 Å². The van der Waals surface area contributed by atoms with Crippen LogP contribution in [0.4, 0.5) is 11.4 Å². The van der Waals surface area contributed by atoms with Crippen LogP contribution >= 0.6 is 36.0 Å². The van der Waals surface area contributed by atoms with Crippen LogP contribution < -0.4 is 10.2 Å². The molecule has 0 atom stereocenters. The highest BCUT2D eigenvalue weighted by molar-refractivity contribution is 7.72. The summed E-state index contributed by atoms with van der Waals surface area (Å²) in [4.78, 5) is 13.3. The topological polar surface area (TPSA) is 89.1 Å². The van der Waals surface area contributed by atoms with E-state index in [4.69, 9.17) is 41.1 Å². The third-order valence-corrected chi connectivity index (χ3v) is 6.10. The first-order valence-corrected chi connectivity index (χ1v) is 11.9. The minimum absolute atomic E-state index is 0.150. The van der Waals surface area contributed by atoms with E-state index in [1.165, 1.54) is 0 Å². The first-order valence-electron chi connectivity index (χ1n) is 10.7. The Morgan fingerprint density at radius 2 is 1.73 bits per heavy atom. The molecule has 0 amide bonds. The Morgan fingerprint density at radius 1 is 1.09 bits per heavy atom. The second-order valence-electron chi connectivity index (χ2n) is 7.90. The van der Waals surface area contributed by atoms with Gasteiger partial charge in [0.2, 0.25) is 0 Å². The largest absolute Gasteiger partial charge is 0.481 e. The van der Waals surface area contributed by atoms with Gasteiger partial charge in [0, 0.05) is 42.5 Å². The molecular weight excluding hydrogens is 478 g/mol. The van der Waals surface area contributed by atoms with Crippen LogP contribution in [-0.2, 0) is 4.79 Å². The van der Waals surface area contributed by atoms with Crippen LogP contribution in [0.3, 0.4) is 0 Å². The number of hydrogen-bond acceptors (Lipinski definition) is 5. The third kappa shape index (κ3) is 6.69. The van der Waals surface area contributed by atoms with E-state index < -0.39 is 5.97 Å². The fourth-order valence-electron chi connectivity index (χ4n) is 3.96. The average Bonchev–Trinajstić information content (AvgIpc) is 3.08. The van der Waals surface area contributed by atoms with Gasteiger partial charge in [0.25, 0.3) is 0 Å². The number of aromatic amines is 2. The van der Waals surface area contributed by atoms with Crippen molar-refractivity contribution in [2.75, 3.05) is 29.9 Å². The van der Waals surface area contributed by atoms with Crippen molar-refractivity contribution in [2.45, 2.75) is 33.1 Å². The summed E-state index contributed by atoms with van der Waals surface area (Å²) >= 11 is 16.8. The summed E-state index contributed by atoms with van der Waals surface area (Å²) in [6, 6.07) is 11.8. The zero-order chi connectivity index (χ0) is 24.0. The van der Waals surface area contributed by atoms with E-state index in [9.17, 15) is 4.79 Å². The van der Waals surface area contributed by atoms with Gasteiger partial charge in [-0.1, -0.05) is 17.7 Å². The molecule has 176 valence electrons. The molecule has 0 saturated carbocycles. The maximum Gasteiger partial charge on any atom is 0.303 e. The van der Waals surface area contributed by atoms with Crippen LogP contribution in [-0.4, -0.2) is 45.5 Å². The zero-order valence-corrected chi connectivity index (χ0v) is 21.0. The molecule has 0 aliphatic carbocycles. The van der Waals surface area contributed by atoms with Crippen molar-refractivity contribution in [1.29, 1.82) is 0 Å². The van der Waals surface area contributed by atoms with Gasteiger partial charge in [-0.2, -0.15) is 0 Å². The fraction of sp³-hybridized carbons (Fsp3) is 0.348. The van der Waals surface area contributed by atoms with Crippen molar-refractivity contribution in [2.24, 2.45) is 0 Å². The number of halogens is 1. The quantitative estimate of drug-likeness (QED) is 0.188. The Labute approximate surface area is 208 Å². The molecule has 0 radical (unpaired) electrons. The molecule has 3 aromatic rings. The summed E-state index contributed by atoms with van der Waals surface area (Å²) in [5.41, 5.74) is 5.17. The summed E-state index contributed by atoms with van der Waals surface area (Å²) < 4.78 is 2.80. The zero-order valence-electron chi connectivity index (χ0n) is 18.7. The minimum atomic E-state index is -0.775. The van der Waals surface area contributed by atoms with Crippen LogP contribution in [0.5, 0.6) is 0 Å². The van der Waals surface area contributed by atoms with Crippen LogP contribution in [0.1, 0.15) is 30.4 Å². The maximum absolute atomic E-state index is 11.0.